The first-order valence-electron chi connectivity index (χ1n) is 9.16. The second-order valence-corrected chi connectivity index (χ2v) is 9.99. The van der Waals surface area contributed by atoms with E-state index in [0.29, 0.717) is 24.6 Å². The highest BCUT2D eigenvalue weighted by atomic mass is 32.2. The highest BCUT2D eigenvalue weighted by Gasteiger charge is 2.32. The summed E-state index contributed by atoms with van der Waals surface area (Å²) in [6, 6.07) is 4.77. The number of fused-ring (bicyclic) bond motifs is 1. The Morgan fingerprint density at radius 2 is 1.88 bits per heavy atom. The summed E-state index contributed by atoms with van der Waals surface area (Å²) in [6.07, 6.45) is 2.48. The molecule has 0 amide bonds. The summed E-state index contributed by atoms with van der Waals surface area (Å²) in [5.41, 5.74) is -0.173. The number of rotatable bonds is 10. The van der Waals surface area contributed by atoms with Crippen LogP contribution in [0.2, 0.25) is 0 Å². The Morgan fingerprint density at radius 3 is 2.54 bits per heavy atom. The van der Waals surface area contributed by atoms with Crippen LogP contribution in [0.3, 0.4) is 0 Å². The lowest BCUT2D eigenvalue weighted by atomic mass is 9.87. The molecule has 0 unspecified atom stereocenters. The Morgan fingerprint density at radius 1 is 1.19 bits per heavy atom. The SMILES string of the molecule is CC(C)CN(CC(C)(C)CCCCO)S(=O)(=O)c1ccc2c(c1)OCO2. The predicted molar refractivity (Wildman–Crippen MR) is 101 cm³/mol. The number of aliphatic hydroxyl groups is 1. The molecule has 0 spiro atoms. The minimum atomic E-state index is -3.63. The standard InChI is InChI=1S/C19H31NO5S/c1-15(2)12-20(13-19(3,4)9-5-6-10-21)26(22,23)16-7-8-17-18(11-16)25-14-24-17/h7-8,11,15,21H,5-6,9-10,12-14H2,1-4H3. The van der Waals surface area contributed by atoms with Gasteiger partial charge in [-0.15, -0.1) is 0 Å². The Bertz CT molecular complexity index is 700. The fourth-order valence-electron chi connectivity index (χ4n) is 3.11. The first kappa shape index (κ1) is 21.0. The van der Waals surface area contributed by atoms with Crippen molar-refractivity contribution in [1.82, 2.24) is 4.31 Å². The summed E-state index contributed by atoms with van der Waals surface area (Å²) >= 11 is 0. The molecule has 1 aliphatic rings. The number of nitrogens with zero attached hydrogens (tertiary/aromatic N) is 1. The zero-order chi connectivity index (χ0) is 19.4. The minimum absolute atomic E-state index is 0.117. The number of aliphatic hydroxyl groups excluding tert-OH is 1. The predicted octanol–water partition coefficient (Wildman–Crippen LogP) is 3.25. The van der Waals surface area contributed by atoms with Crippen molar-refractivity contribution < 1.29 is 23.0 Å². The van der Waals surface area contributed by atoms with Gasteiger partial charge in [-0.2, -0.15) is 4.31 Å². The average molecular weight is 386 g/mol. The van der Waals surface area contributed by atoms with Crippen LogP contribution >= 0.6 is 0 Å². The summed E-state index contributed by atoms with van der Waals surface area (Å²) in [4.78, 5) is 0.230. The van der Waals surface area contributed by atoms with Crippen LogP contribution in [0.1, 0.15) is 47.0 Å². The van der Waals surface area contributed by atoms with Gasteiger partial charge < -0.3 is 14.6 Å². The van der Waals surface area contributed by atoms with Gasteiger partial charge in [-0.1, -0.05) is 34.1 Å². The monoisotopic (exact) mass is 385 g/mol. The molecule has 0 fully saturated rings. The Balaban J connectivity index is 2.24. The van der Waals surface area contributed by atoms with E-state index in [0.717, 1.165) is 19.3 Å². The van der Waals surface area contributed by atoms with E-state index in [4.69, 9.17) is 14.6 Å². The van der Waals surface area contributed by atoms with E-state index in [-0.39, 0.29) is 29.6 Å². The van der Waals surface area contributed by atoms with Crippen LogP contribution in [0.5, 0.6) is 11.5 Å². The molecule has 0 aromatic heterocycles. The summed E-state index contributed by atoms with van der Waals surface area (Å²) < 4.78 is 38.7. The number of unbranched alkanes of at least 4 members (excludes halogenated alkanes) is 1. The summed E-state index contributed by atoms with van der Waals surface area (Å²) in [6.45, 7) is 9.36. The van der Waals surface area contributed by atoms with Gasteiger partial charge in [0.05, 0.1) is 4.90 Å². The molecule has 1 aromatic rings. The third-order valence-corrected chi connectivity index (χ3v) is 6.22. The molecule has 0 saturated heterocycles. The number of hydrogen-bond acceptors (Lipinski definition) is 5. The lowest BCUT2D eigenvalue weighted by Gasteiger charge is -2.33. The number of benzene rings is 1. The summed E-state index contributed by atoms with van der Waals surface area (Å²) in [5.74, 6) is 1.26. The largest absolute Gasteiger partial charge is 0.454 e. The molecule has 0 saturated carbocycles. The third kappa shape index (κ3) is 5.34. The topological polar surface area (TPSA) is 76.1 Å². The van der Waals surface area contributed by atoms with Gasteiger partial charge in [-0.05, 0) is 36.3 Å². The molecule has 26 heavy (non-hydrogen) atoms. The molecular weight excluding hydrogens is 354 g/mol. The van der Waals surface area contributed by atoms with Crippen molar-refractivity contribution in [2.24, 2.45) is 11.3 Å². The summed E-state index contributed by atoms with van der Waals surface area (Å²) in [5, 5.41) is 8.99. The molecule has 2 rings (SSSR count). The van der Waals surface area contributed by atoms with Gasteiger partial charge in [0.1, 0.15) is 0 Å². The highest BCUT2D eigenvalue weighted by Crippen LogP contribution is 2.35. The maximum Gasteiger partial charge on any atom is 0.243 e. The van der Waals surface area contributed by atoms with Gasteiger partial charge in [0.15, 0.2) is 11.5 Å². The molecule has 1 heterocycles. The van der Waals surface area contributed by atoms with E-state index in [2.05, 4.69) is 13.8 Å². The van der Waals surface area contributed by atoms with Crippen LogP contribution < -0.4 is 9.47 Å². The van der Waals surface area contributed by atoms with E-state index < -0.39 is 10.0 Å². The molecule has 1 aromatic carbocycles. The van der Waals surface area contributed by atoms with Crippen LogP contribution in [-0.4, -0.2) is 44.3 Å². The van der Waals surface area contributed by atoms with Crippen LogP contribution in [0.4, 0.5) is 0 Å². The minimum Gasteiger partial charge on any atom is -0.454 e. The van der Waals surface area contributed by atoms with Crippen LogP contribution in [-0.2, 0) is 10.0 Å². The first-order chi connectivity index (χ1) is 12.2. The van der Waals surface area contributed by atoms with E-state index in [1.807, 2.05) is 13.8 Å². The number of hydrogen-bond donors (Lipinski definition) is 1. The van der Waals surface area contributed by atoms with Crippen molar-refractivity contribution in [1.29, 1.82) is 0 Å². The van der Waals surface area contributed by atoms with Gasteiger partial charge >= 0.3 is 0 Å². The zero-order valence-electron chi connectivity index (χ0n) is 16.2. The van der Waals surface area contributed by atoms with Crippen molar-refractivity contribution in [3.63, 3.8) is 0 Å². The molecule has 1 aliphatic heterocycles. The number of sulfonamides is 1. The fourth-order valence-corrected chi connectivity index (χ4v) is 4.92. The molecule has 0 bridgehead atoms. The van der Waals surface area contributed by atoms with Crippen LogP contribution in [0.15, 0.2) is 23.1 Å². The molecule has 7 heteroatoms. The van der Waals surface area contributed by atoms with Crippen molar-refractivity contribution in [3.05, 3.63) is 18.2 Å². The van der Waals surface area contributed by atoms with Gasteiger partial charge in [-0.25, -0.2) is 8.42 Å². The molecule has 0 atom stereocenters. The highest BCUT2D eigenvalue weighted by molar-refractivity contribution is 7.89. The van der Waals surface area contributed by atoms with Gasteiger partial charge in [0, 0.05) is 25.8 Å². The zero-order valence-corrected chi connectivity index (χ0v) is 17.0. The maximum absolute atomic E-state index is 13.3. The quantitative estimate of drug-likeness (QED) is 0.626. The molecule has 0 aliphatic carbocycles. The van der Waals surface area contributed by atoms with Crippen molar-refractivity contribution in [2.75, 3.05) is 26.5 Å². The molecular formula is C19H31NO5S. The Kier molecular flexibility index (Phi) is 6.93. The normalized spacial score (nSPS) is 14.4. The van der Waals surface area contributed by atoms with E-state index in [1.165, 1.54) is 0 Å². The molecule has 148 valence electrons. The average Bonchev–Trinajstić information content (AvgIpc) is 3.01. The van der Waals surface area contributed by atoms with E-state index in [9.17, 15) is 8.42 Å². The van der Waals surface area contributed by atoms with Gasteiger partial charge in [-0.3, -0.25) is 0 Å². The van der Waals surface area contributed by atoms with Crippen molar-refractivity contribution >= 4 is 10.0 Å². The lowest BCUT2D eigenvalue weighted by Crippen LogP contribution is -2.41. The fraction of sp³-hybridized carbons (Fsp3) is 0.684. The van der Waals surface area contributed by atoms with Crippen LogP contribution in [0, 0.1) is 11.3 Å². The van der Waals surface area contributed by atoms with E-state index in [1.54, 1.807) is 22.5 Å². The number of ether oxygens (including phenoxy) is 2. The molecule has 1 N–H and O–H groups in total. The first-order valence-corrected chi connectivity index (χ1v) is 10.6. The second kappa shape index (κ2) is 8.59. The van der Waals surface area contributed by atoms with Crippen molar-refractivity contribution in [3.8, 4) is 11.5 Å². The molecule has 6 nitrogen and oxygen atoms in total. The lowest BCUT2D eigenvalue weighted by molar-refractivity contribution is 0.174. The van der Waals surface area contributed by atoms with Crippen molar-refractivity contribution in [2.45, 2.75) is 51.9 Å². The van der Waals surface area contributed by atoms with Gasteiger partial charge in [0.25, 0.3) is 0 Å². The smallest absolute Gasteiger partial charge is 0.243 e. The van der Waals surface area contributed by atoms with Crippen LogP contribution in [0.25, 0.3) is 0 Å². The molecule has 0 radical (unpaired) electrons. The van der Waals surface area contributed by atoms with E-state index >= 15 is 0 Å². The maximum atomic E-state index is 13.3. The van der Waals surface area contributed by atoms with Gasteiger partial charge in [0.2, 0.25) is 16.8 Å². The Hall–Kier alpha value is -1.31. The summed E-state index contributed by atoms with van der Waals surface area (Å²) in [7, 11) is -3.63. The Labute approximate surface area is 157 Å². The third-order valence-electron chi connectivity index (χ3n) is 4.42. The second-order valence-electron chi connectivity index (χ2n) is 8.05.